The van der Waals surface area contributed by atoms with Crippen molar-refractivity contribution >= 4 is 5.97 Å². The molecular weight excluding hydrogens is 240 g/mol. The highest BCUT2D eigenvalue weighted by molar-refractivity contribution is 5.96. The average Bonchev–Trinajstić information content (AvgIpc) is 2.85. The molecule has 2 rings (SSSR count). The summed E-state index contributed by atoms with van der Waals surface area (Å²) in [6.07, 6.45) is 0. The van der Waals surface area contributed by atoms with Crippen LogP contribution in [-0.2, 0) is 4.74 Å². The third-order valence-electron chi connectivity index (χ3n) is 2.85. The van der Waals surface area contributed by atoms with Crippen LogP contribution in [0.25, 0.3) is 11.3 Å². The van der Waals surface area contributed by atoms with Gasteiger partial charge in [-0.15, -0.1) is 0 Å². The largest absolute Gasteiger partial charge is 0.462 e. The molecule has 0 aliphatic heterocycles. The van der Waals surface area contributed by atoms with E-state index in [1.54, 1.807) is 13.0 Å². The van der Waals surface area contributed by atoms with E-state index >= 15 is 0 Å². The van der Waals surface area contributed by atoms with Gasteiger partial charge >= 0.3 is 5.97 Å². The molecule has 1 heterocycles. The summed E-state index contributed by atoms with van der Waals surface area (Å²) in [5.41, 5.74) is 1.38. The van der Waals surface area contributed by atoms with E-state index < -0.39 is 0 Å². The van der Waals surface area contributed by atoms with Crippen LogP contribution in [0, 0.1) is 0 Å². The Balaban J connectivity index is 2.49. The molecule has 0 unspecified atom stereocenters. The molecule has 19 heavy (non-hydrogen) atoms. The molecular formula is C16H18O3. The Kier molecular flexibility index (Phi) is 4.05. The zero-order valence-electron chi connectivity index (χ0n) is 11.5. The van der Waals surface area contributed by atoms with Gasteiger partial charge in [0.2, 0.25) is 0 Å². The van der Waals surface area contributed by atoms with Gasteiger partial charge in [0.25, 0.3) is 0 Å². The third kappa shape index (κ3) is 2.87. The molecule has 0 fully saturated rings. The van der Waals surface area contributed by atoms with Gasteiger partial charge in [0.1, 0.15) is 17.1 Å². The first-order chi connectivity index (χ1) is 9.13. The number of ether oxygens (including phenoxy) is 1. The lowest BCUT2D eigenvalue weighted by molar-refractivity contribution is 0.0527. The fraction of sp³-hybridized carbons (Fsp3) is 0.312. The van der Waals surface area contributed by atoms with Crippen LogP contribution in [0.4, 0.5) is 0 Å². The summed E-state index contributed by atoms with van der Waals surface area (Å²) in [7, 11) is 0. The maximum atomic E-state index is 12.0. The number of esters is 1. The van der Waals surface area contributed by atoms with Crippen molar-refractivity contribution in [2.45, 2.75) is 26.7 Å². The van der Waals surface area contributed by atoms with Crippen LogP contribution in [0.3, 0.4) is 0 Å². The van der Waals surface area contributed by atoms with E-state index in [2.05, 4.69) is 0 Å². The van der Waals surface area contributed by atoms with Gasteiger partial charge in [-0.2, -0.15) is 0 Å². The van der Waals surface area contributed by atoms with Crippen molar-refractivity contribution in [1.29, 1.82) is 0 Å². The molecule has 0 saturated carbocycles. The molecule has 3 nitrogen and oxygen atoms in total. The van der Waals surface area contributed by atoms with Gasteiger partial charge in [0.05, 0.1) is 6.61 Å². The molecule has 0 saturated heterocycles. The van der Waals surface area contributed by atoms with Crippen molar-refractivity contribution < 1.29 is 13.9 Å². The van der Waals surface area contributed by atoms with Crippen LogP contribution >= 0.6 is 0 Å². The SMILES string of the molecule is CCOC(=O)c1cc(C(C)C)oc1-c1ccccc1. The Morgan fingerprint density at radius 1 is 1.26 bits per heavy atom. The van der Waals surface area contributed by atoms with Crippen LogP contribution in [-0.4, -0.2) is 12.6 Å². The molecule has 0 amide bonds. The highest BCUT2D eigenvalue weighted by Gasteiger charge is 2.21. The average molecular weight is 258 g/mol. The van der Waals surface area contributed by atoms with E-state index in [1.165, 1.54) is 0 Å². The van der Waals surface area contributed by atoms with E-state index in [0.29, 0.717) is 17.9 Å². The van der Waals surface area contributed by atoms with Crippen LogP contribution in [0.1, 0.15) is 42.8 Å². The zero-order valence-corrected chi connectivity index (χ0v) is 11.5. The van der Waals surface area contributed by atoms with E-state index in [4.69, 9.17) is 9.15 Å². The van der Waals surface area contributed by atoms with Gasteiger partial charge in [-0.05, 0) is 13.0 Å². The third-order valence-corrected chi connectivity index (χ3v) is 2.85. The summed E-state index contributed by atoms with van der Waals surface area (Å²) >= 11 is 0. The number of benzene rings is 1. The minimum absolute atomic E-state index is 0.227. The second-order valence-corrected chi connectivity index (χ2v) is 4.63. The predicted molar refractivity (Wildman–Crippen MR) is 74.2 cm³/mol. The maximum Gasteiger partial charge on any atom is 0.342 e. The first-order valence-electron chi connectivity index (χ1n) is 6.49. The van der Waals surface area contributed by atoms with Crippen molar-refractivity contribution in [3.05, 3.63) is 47.7 Å². The predicted octanol–water partition coefficient (Wildman–Crippen LogP) is 4.25. The maximum absolute atomic E-state index is 12.0. The quantitative estimate of drug-likeness (QED) is 0.770. The van der Waals surface area contributed by atoms with Gasteiger partial charge < -0.3 is 9.15 Å². The monoisotopic (exact) mass is 258 g/mol. The second kappa shape index (κ2) is 5.74. The number of furan rings is 1. The van der Waals surface area contributed by atoms with Gasteiger partial charge in [-0.1, -0.05) is 44.2 Å². The number of rotatable bonds is 4. The van der Waals surface area contributed by atoms with Crippen molar-refractivity contribution in [2.24, 2.45) is 0 Å². The van der Waals surface area contributed by atoms with E-state index in [-0.39, 0.29) is 11.9 Å². The number of hydrogen-bond donors (Lipinski definition) is 0. The minimum atomic E-state index is -0.336. The lowest BCUT2D eigenvalue weighted by Gasteiger charge is -2.02. The lowest BCUT2D eigenvalue weighted by Crippen LogP contribution is -2.04. The van der Waals surface area contributed by atoms with Crippen LogP contribution < -0.4 is 0 Å². The fourth-order valence-electron chi connectivity index (χ4n) is 1.86. The Bertz CT molecular complexity index is 553. The van der Waals surface area contributed by atoms with Gasteiger partial charge in [-0.25, -0.2) is 4.79 Å². The lowest BCUT2D eigenvalue weighted by atomic mass is 10.1. The minimum Gasteiger partial charge on any atom is -0.462 e. The summed E-state index contributed by atoms with van der Waals surface area (Å²) in [4.78, 5) is 12.0. The van der Waals surface area contributed by atoms with E-state index in [1.807, 2.05) is 44.2 Å². The number of carbonyl (C=O) groups excluding carboxylic acids is 1. The van der Waals surface area contributed by atoms with Gasteiger partial charge in [-0.3, -0.25) is 0 Å². The summed E-state index contributed by atoms with van der Waals surface area (Å²) < 4.78 is 10.9. The van der Waals surface area contributed by atoms with E-state index in [0.717, 1.165) is 11.3 Å². The normalized spacial score (nSPS) is 10.7. The molecule has 1 aromatic heterocycles. The molecule has 0 atom stereocenters. The van der Waals surface area contributed by atoms with Crippen molar-refractivity contribution in [1.82, 2.24) is 0 Å². The highest BCUT2D eigenvalue weighted by Crippen LogP contribution is 2.31. The molecule has 0 spiro atoms. The Morgan fingerprint density at radius 3 is 2.53 bits per heavy atom. The van der Waals surface area contributed by atoms with Gasteiger partial charge in [0, 0.05) is 11.5 Å². The molecule has 100 valence electrons. The standard InChI is InChI=1S/C16H18O3/c1-4-18-16(17)13-10-14(11(2)3)19-15(13)12-8-6-5-7-9-12/h5-11H,4H2,1-3H3. The highest BCUT2D eigenvalue weighted by atomic mass is 16.5. The number of hydrogen-bond acceptors (Lipinski definition) is 3. The van der Waals surface area contributed by atoms with Crippen LogP contribution in [0.5, 0.6) is 0 Å². The molecule has 3 heteroatoms. The van der Waals surface area contributed by atoms with Crippen LogP contribution in [0.2, 0.25) is 0 Å². The molecule has 0 aliphatic rings. The fourth-order valence-corrected chi connectivity index (χ4v) is 1.86. The molecule has 2 aromatic rings. The van der Waals surface area contributed by atoms with Crippen molar-refractivity contribution in [3.63, 3.8) is 0 Å². The first kappa shape index (κ1) is 13.4. The molecule has 1 aromatic carbocycles. The smallest absolute Gasteiger partial charge is 0.342 e. The van der Waals surface area contributed by atoms with Crippen molar-refractivity contribution in [2.75, 3.05) is 6.61 Å². The zero-order chi connectivity index (χ0) is 13.8. The summed E-state index contributed by atoms with van der Waals surface area (Å²) in [6.45, 7) is 6.21. The Hall–Kier alpha value is -2.03. The molecule has 0 bridgehead atoms. The Morgan fingerprint density at radius 2 is 1.95 bits per heavy atom. The summed E-state index contributed by atoms with van der Waals surface area (Å²) in [6, 6.07) is 11.4. The van der Waals surface area contributed by atoms with Crippen molar-refractivity contribution in [3.8, 4) is 11.3 Å². The summed E-state index contributed by atoms with van der Waals surface area (Å²) in [5, 5.41) is 0. The first-order valence-corrected chi connectivity index (χ1v) is 6.49. The molecule has 0 N–H and O–H groups in total. The van der Waals surface area contributed by atoms with Crippen LogP contribution in [0.15, 0.2) is 40.8 Å². The molecule has 0 radical (unpaired) electrons. The Labute approximate surface area is 113 Å². The van der Waals surface area contributed by atoms with Gasteiger partial charge in [0.15, 0.2) is 0 Å². The number of carbonyl (C=O) groups is 1. The topological polar surface area (TPSA) is 39.4 Å². The second-order valence-electron chi connectivity index (χ2n) is 4.63. The summed E-state index contributed by atoms with van der Waals surface area (Å²) in [5.74, 6) is 1.27. The molecule has 0 aliphatic carbocycles. The van der Waals surface area contributed by atoms with E-state index in [9.17, 15) is 4.79 Å².